The van der Waals surface area contributed by atoms with Gasteiger partial charge >= 0.3 is 0 Å². The van der Waals surface area contributed by atoms with Gasteiger partial charge < -0.3 is 5.73 Å². The molecule has 3 heteroatoms. The van der Waals surface area contributed by atoms with Gasteiger partial charge in [-0.2, -0.15) is 0 Å². The first-order valence-electron chi connectivity index (χ1n) is 5.86. The second kappa shape index (κ2) is 6.38. The monoisotopic (exact) mass is 207 g/mol. The molecule has 1 aromatic rings. The predicted molar refractivity (Wildman–Crippen MR) is 63.6 cm³/mol. The quantitative estimate of drug-likeness (QED) is 0.729. The van der Waals surface area contributed by atoms with Crippen LogP contribution in [0.5, 0.6) is 0 Å². The van der Waals surface area contributed by atoms with E-state index in [9.17, 15) is 0 Å². The molecule has 0 radical (unpaired) electrons. The minimum Gasteiger partial charge on any atom is -0.384 e. The Morgan fingerprint density at radius 1 is 1.33 bits per heavy atom. The summed E-state index contributed by atoms with van der Waals surface area (Å²) in [4.78, 5) is 8.59. The molecular weight excluding hydrogens is 186 g/mol. The van der Waals surface area contributed by atoms with Crippen LogP contribution in [0.1, 0.15) is 57.7 Å². The fraction of sp³-hybridized carbons (Fsp3) is 0.667. The summed E-state index contributed by atoms with van der Waals surface area (Å²) in [7, 11) is 0. The van der Waals surface area contributed by atoms with Crippen LogP contribution >= 0.6 is 0 Å². The summed E-state index contributed by atoms with van der Waals surface area (Å²) in [6.07, 6.45) is 7.82. The Hall–Kier alpha value is -1.12. The molecule has 0 amide bonds. The van der Waals surface area contributed by atoms with Crippen LogP contribution in [-0.2, 0) is 0 Å². The maximum absolute atomic E-state index is 5.65. The molecule has 0 aromatic carbocycles. The van der Waals surface area contributed by atoms with Crippen LogP contribution in [0.2, 0.25) is 0 Å². The van der Waals surface area contributed by atoms with Crippen LogP contribution in [0.3, 0.4) is 0 Å². The Bertz CT molecular complexity index is 286. The van der Waals surface area contributed by atoms with Gasteiger partial charge in [-0.3, -0.25) is 0 Å². The van der Waals surface area contributed by atoms with Crippen molar-refractivity contribution in [2.75, 3.05) is 5.73 Å². The van der Waals surface area contributed by atoms with Crippen LogP contribution in [0, 0.1) is 0 Å². The van der Waals surface area contributed by atoms with E-state index in [1.165, 1.54) is 25.7 Å². The van der Waals surface area contributed by atoms with Crippen molar-refractivity contribution >= 4 is 5.82 Å². The lowest BCUT2D eigenvalue weighted by atomic mass is 9.98. The van der Waals surface area contributed by atoms with Gasteiger partial charge in [-0.05, 0) is 18.9 Å². The average Bonchev–Trinajstić information content (AvgIpc) is 2.24. The number of nitrogens with zero attached hydrogens (tertiary/aromatic N) is 2. The van der Waals surface area contributed by atoms with Crippen molar-refractivity contribution in [2.24, 2.45) is 0 Å². The van der Waals surface area contributed by atoms with E-state index in [0.29, 0.717) is 11.7 Å². The van der Waals surface area contributed by atoms with Crippen molar-refractivity contribution in [3.05, 3.63) is 18.1 Å². The van der Waals surface area contributed by atoms with Gasteiger partial charge in [0.2, 0.25) is 0 Å². The summed E-state index contributed by atoms with van der Waals surface area (Å²) in [5, 5.41) is 0. The van der Waals surface area contributed by atoms with Crippen LogP contribution < -0.4 is 5.73 Å². The van der Waals surface area contributed by atoms with Gasteiger partial charge in [-0.25, -0.2) is 9.97 Å². The summed E-state index contributed by atoms with van der Waals surface area (Å²) >= 11 is 0. The molecule has 1 unspecified atom stereocenters. The summed E-state index contributed by atoms with van der Waals surface area (Å²) in [5.74, 6) is 1.96. The second-order valence-electron chi connectivity index (χ2n) is 3.94. The standard InChI is InChI=1S/C12H21N3/c1-3-5-6-7-10(4-2)12-14-9-8-11(13)15-12/h8-10H,3-7H2,1-2H3,(H2,13,14,15). The van der Waals surface area contributed by atoms with Crippen LogP contribution in [0.4, 0.5) is 5.82 Å². The lowest BCUT2D eigenvalue weighted by molar-refractivity contribution is 0.531. The molecule has 0 aliphatic rings. The van der Waals surface area contributed by atoms with E-state index in [1.807, 2.05) is 0 Å². The van der Waals surface area contributed by atoms with E-state index >= 15 is 0 Å². The van der Waals surface area contributed by atoms with Crippen molar-refractivity contribution in [2.45, 2.75) is 51.9 Å². The molecule has 84 valence electrons. The molecular formula is C12H21N3. The molecule has 1 atom stereocenters. The highest BCUT2D eigenvalue weighted by atomic mass is 14.9. The number of hydrogen-bond acceptors (Lipinski definition) is 3. The molecule has 2 N–H and O–H groups in total. The molecule has 15 heavy (non-hydrogen) atoms. The van der Waals surface area contributed by atoms with E-state index in [2.05, 4.69) is 23.8 Å². The Balaban J connectivity index is 2.57. The van der Waals surface area contributed by atoms with Gasteiger partial charge in [0.05, 0.1) is 0 Å². The van der Waals surface area contributed by atoms with Crippen LogP contribution in [0.15, 0.2) is 12.3 Å². The zero-order valence-corrected chi connectivity index (χ0v) is 9.74. The number of nitrogen functional groups attached to an aromatic ring is 1. The van der Waals surface area contributed by atoms with Gasteiger partial charge in [0.25, 0.3) is 0 Å². The summed E-state index contributed by atoms with van der Waals surface area (Å²) in [5.41, 5.74) is 5.65. The third-order valence-corrected chi connectivity index (χ3v) is 2.71. The van der Waals surface area contributed by atoms with Crippen molar-refractivity contribution < 1.29 is 0 Å². The molecule has 1 aromatic heterocycles. The molecule has 0 saturated carbocycles. The van der Waals surface area contributed by atoms with Crippen molar-refractivity contribution in [3.8, 4) is 0 Å². The fourth-order valence-corrected chi connectivity index (χ4v) is 1.74. The summed E-state index contributed by atoms with van der Waals surface area (Å²) < 4.78 is 0. The van der Waals surface area contributed by atoms with E-state index < -0.39 is 0 Å². The lowest BCUT2D eigenvalue weighted by Crippen LogP contribution is -2.05. The smallest absolute Gasteiger partial charge is 0.133 e. The molecule has 0 aliphatic heterocycles. The SMILES string of the molecule is CCCCCC(CC)c1nccc(N)n1. The highest BCUT2D eigenvalue weighted by Gasteiger charge is 2.11. The Kier molecular flexibility index (Phi) is 5.08. The average molecular weight is 207 g/mol. The van der Waals surface area contributed by atoms with E-state index in [4.69, 9.17) is 5.73 Å². The van der Waals surface area contributed by atoms with E-state index in [1.54, 1.807) is 12.3 Å². The minimum absolute atomic E-state index is 0.472. The van der Waals surface area contributed by atoms with Crippen molar-refractivity contribution in [1.29, 1.82) is 0 Å². The molecule has 1 rings (SSSR count). The van der Waals surface area contributed by atoms with Crippen molar-refractivity contribution in [1.82, 2.24) is 9.97 Å². The number of aromatic nitrogens is 2. The maximum atomic E-state index is 5.65. The molecule has 0 bridgehead atoms. The van der Waals surface area contributed by atoms with Gasteiger partial charge in [0.1, 0.15) is 11.6 Å². The predicted octanol–water partition coefficient (Wildman–Crippen LogP) is 3.13. The normalized spacial score (nSPS) is 12.7. The van der Waals surface area contributed by atoms with E-state index in [-0.39, 0.29) is 0 Å². The van der Waals surface area contributed by atoms with Crippen LogP contribution in [-0.4, -0.2) is 9.97 Å². The highest BCUT2D eigenvalue weighted by Crippen LogP contribution is 2.22. The van der Waals surface area contributed by atoms with Crippen LogP contribution in [0.25, 0.3) is 0 Å². The highest BCUT2D eigenvalue weighted by molar-refractivity contribution is 5.25. The van der Waals surface area contributed by atoms with E-state index in [0.717, 1.165) is 12.2 Å². The van der Waals surface area contributed by atoms with Gasteiger partial charge in [0.15, 0.2) is 0 Å². The van der Waals surface area contributed by atoms with Gasteiger partial charge in [0, 0.05) is 12.1 Å². The molecule has 3 nitrogen and oxygen atoms in total. The number of anilines is 1. The second-order valence-corrected chi connectivity index (χ2v) is 3.94. The molecule has 0 fully saturated rings. The Morgan fingerprint density at radius 3 is 2.73 bits per heavy atom. The zero-order valence-electron chi connectivity index (χ0n) is 9.74. The molecule has 0 saturated heterocycles. The van der Waals surface area contributed by atoms with Crippen molar-refractivity contribution in [3.63, 3.8) is 0 Å². The lowest BCUT2D eigenvalue weighted by Gasteiger charge is -2.12. The maximum Gasteiger partial charge on any atom is 0.133 e. The Morgan fingerprint density at radius 2 is 2.13 bits per heavy atom. The number of unbranched alkanes of at least 4 members (excludes halogenated alkanes) is 2. The largest absolute Gasteiger partial charge is 0.384 e. The minimum atomic E-state index is 0.472. The van der Waals surface area contributed by atoms with Gasteiger partial charge in [-0.1, -0.05) is 33.1 Å². The summed E-state index contributed by atoms with van der Waals surface area (Å²) in [6.45, 7) is 4.40. The molecule has 0 aliphatic carbocycles. The molecule has 0 spiro atoms. The third kappa shape index (κ3) is 3.86. The topological polar surface area (TPSA) is 51.8 Å². The third-order valence-electron chi connectivity index (χ3n) is 2.71. The molecule has 1 heterocycles. The zero-order chi connectivity index (χ0) is 11.1. The van der Waals surface area contributed by atoms with Gasteiger partial charge in [-0.15, -0.1) is 0 Å². The first-order chi connectivity index (χ1) is 7.27. The first-order valence-corrected chi connectivity index (χ1v) is 5.86. The number of rotatable bonds is 6. The number of nitrogens with two attached hydrogens (primary N) is 1. The summed E-state index contributed by atoms with van der Waals surface area (Å²) in [6, 6.07) is 1.74. The fourth-order valence-electron chi connectivity index (χ4n) is 1.74. The Labute approximate surface area is 92.1 Å². The number of hydrogen-bond donors (Lipinski definition) is 1. The first kappa shape index (κ1) is 12.0.